The summed E-state index contributed by atoms with van der Waals surface area (Å²) in [7, 11) is 0. The van der Waals surface area contributed by atoms with Crippen molar-refractivity contribution >= 4 is 39.5 Å². The second-order valence-corrected chi connectivity index (χ2v) is 5.64. The minimum atomic E-state index is -1.07. The molecule has 3 rings (SSSR count). The summed E-state index contributed by atoms with van der Waals surface area (Å²) in [5.74, 6) is -0.773. The van der Waals surface area contributed by atoms with Crippen LogP contribution in [0, 0.1) is 0 Å². The van der Waals surface area contributed by atoms with Gasteiger partial charge in [-0.1, -0.05) is 30.3 Å². The molecule has 0 fully saturated rings. The van der Waals surface area contributed by atoms with Crippen molar-refractivity contribution in [1.82, 2.24) is 9.38 Å². The van der Waals surface area contributed by atoms with E-state index >= 15 is 0 Å². The van der Waals surface area contributed by atoms with E-state index in [9.17, 15) is 9.59 Å². The summed E-state index contributed by atoms with van der Waals surface area (Å²) in [6.07, 6.45) is 0.712. The van der Waals surface area contributed by atoms with E-state index in [1.54, 1.807) is 6.07 Å². The molecule has 2 heterocycles. The van der Waals surface area contributed by atoms with Gasteiger partial charge in [0.2, 0.25) is 0 Å². The van der Waals surface area contributed by atoms with Gasteiger partial charge in [0.15, 0.2) is 5.82 Å². The number of hydrogen-bond acceptors (Lipinski definition) is 4. The van der Waals surface area contributed by atoms with Crippen molar-refractivity contribution in [3.63, 3.8) is 0 Å². The van der Waals surface area contributed by atoms with Crippen molar-refractivity contribution in [2.75, 3.05) is 5.32 Å². The Bertz CT molecular complexity index is 908. The third-order valence-electron chi connectivity index (χ3n) is 3.26. The van der Waals surface area contributed by atoms with Crippen LogP contribution in [0.4, 0.5) is 10.6 Å². The first-order chi connectivity index (χ1) is 11.5. The van der Waals surface area contributed by atoms with Crippen LogP contribution in [0.3, 0.4) is 0 Å². The van der Waals surface area contributed by atoms with Crippen LogP contribution in [0.1, 0.15) is 15.9 Å². The number of carbonyl (C=O) groups excluding carboxylic acids is 1. The van der Waals surface area contributed by atoms with Crippen molar-refractivity contribution in [1.29, 1.82) is 0 Å². The number of anilines is 1. The Balaban J connectivity index is 1.78. The number of fused-ring (bicyclic) bond motifs is 1. The zero-order chi connectivity index (χ0) is 17.1. The number of ether oxygens (including phenoxy) is 1. The molecule has 2 aromatic heterocycles. The highest BCUT2D eigenvalue weighted by atomic mass is 79.9. The molecule has 0 bridgehead atoms. The number of benzene rings is 1. The average molecular weight is 390 g/mol. The minimum Gasteiger partial charge on any atom is -0.478 e. The summed E-state index contributed by atoms with van der Waals surface area (Å²) in [6.45, 7) is 0.126. The Labute approximate surface area is 145 Å². The summed E-state index contributed by atoms with van der Waals surface area (Å²) < 4.78 is 7.00. The maximum Gasteiger partial charge on any atom is 0.413 e. The summed E-state index contributed by atoms with van der Waals surface area (Å²) in [5, 5.41) is 11.6. The SMILES string of the molecule is O=C(Nc1c(Br)nc2ccc(C(=O)O)cn12)OCc1ccccc1. The summed E-state index contributed by atoms with van der Waals surface area (Å²) in [6, 6.07) is 12.3. The molecule has 122 valence electrons. The average Bonchev–Trinajstić information content (AvgIpc) is 2.89. The highest BCUT2D eigenvalue weighted by molar-refractivity contribution is 9.10. The molecular weight excluding hydrogens is 378 g/mol. The third-order valence-corrected chi connectivity index (χ3v) is 3.81. The number of halogens is 1. The van der Waals surface area contributed by atoms with Crippen molar-refractivity contribution in [2.24, 2.45) is 0 Å². The first-order valence-electron chi connectivity index (χ1n) is 6.93. The fourth-order valence-electron chi connectivity index (χ4n) is 2.11. The number of aromatic nitrogens is 2. The van der Waals surface area contributed by atoms with E-state index in [2.05, 4.69) is 26.2 Å². The number of amides is 1. The topological polar surface area (TPSA) is 92.9 Å². The summed E-state index contributed by atoms with van der Waals surface area (Å²) >= 11 is 3.25. The highest BCUT2D eigenvalue weighted by Crippen LogP contribution is 2.24. The van der Waals surface area contributed by atoms with Gasteiger partial charge in [0.25, 0.3) is 0 Å². The normalized spacial score (nSPS) is 10.5. The summed E-state index contributed by atoms with van der Waals surface area (Å²) in [5.41, 5.74) is 1.43. The zero-order valence-electron chi connectivity index (χ0n) is 12.3. The van der Waals surface area contributed by atoms with E-state index in [4.69, 9.17) is 9.84 Å². The predicted molar refractivity (Wildman–Crippen MR) is 90.1 cm³/mol. The maximum atomic E-state index is 12.0. The number of carboxylic acids is 1. The van der Waals surface area contributed by atoms with Crippen LogP contribution in [-0.4, -0.2) is 26.6 Å². The molecule has 0 radical (unpaired) electrons. The Morgan fingerprint density at radius 2 is 1.96 bits per heavy atom. The zero-order valence-corrected chi connectivity index (χ0v) is 13.9. The monoisotopic (exact) mass is 389 g/mol. The standard InChI is InChI=1S/C16H12BrN3O4/c17-13-14(19-16(23)24-9-10-4-2-1-3-5-10)20-8-11(15(21)22)6-7-12(20)18-13/h1-8H,9H2,(H,19,23)(H,21,22). The van der Waals surface area contributed by atoms with Gasteiger partial charge in [-0.2, -0.15) is 0 Å². The molecule has 0 saturated carbocycles. The van der Waals surface area contributed by atoms with Gasteiger partial charge >= 0.3 is 12.1 Å². The number of pyridine rings is 1. The van der Waals surface area contributed by atoms with Gasteiger partial charge in [-0.05, 0) is 33.6 Å². The first kappa shape index (κ1) is 16.0. The lowest BCUT2D eigenvalue weighted by molar-refractivity contribution is 0.0696. The Kier molecular flexibility index (Phi) is 4.48. The molecule has 0 aliphatic heterocycles. The van der Waals surface area contributed by atoms with Crippen LogP contribution in [0.5, 0.6) is 0 Å². The number of nitrogens with one attached hydrogen (secondary N) is 1. The molecule has 3 aromatic rings. The van der Waals surface area contributed by atoms with Gasteiger partial charge in [0, 0.05) is 6.20 Å². The number of nitrogens with zero attached hydrogens (tertiary/aromatic N) is 2. The summed E-state index contributed by atoms with van der Waals surface area (Å²) in [4.78, 5) is 27.3. The molecule has 24 heavy (non-hydrogen) atoms. The number of hydrogen-bond donors (Lipinski definition) is 2. The molecule has 2 N–H and O–H groups in total. The van der Waals surface area contributed by atoms with Gasteiger partial charge in [0.05, 0.1) is 5.56 Å². The van der Waals surface area contributed by atoms with Crippen molar-refractivity contribution in [2.45, 2.75) is 6.61 Å². The van der Waals surface area contributed by atoms with Crippen molar-refractivity contribution in [3.8, 4) is 0 Å². The number of carbonyl (C=O) groups is 2. The van der Waals surface area contributed by atoms with Crippen LogP contribution in [0.2, 0.25) is 0 Å². The van der Waals surface area contributed by atoms with E-state index in [0.29, 0.717) is 16.1 Å². The van der Waals surface area contributed by atoms with Crippen molar-refractivity contribution < 1.29 is 19.4 Å². The fourth-order valence-corrected chi connectivity index (χ4v) is 2.58. The molecule has 8 heteroatoms. The smallest absolute Gasteiger partial charge is 0.413 e. The van der Waals surface area contributed by atoms with Crippen LogP contribution in [-0.2, 0) is 11.3 Å². The molecule has 0 atom stereocenters. The second kappa shape index (κ2) is 6.71. The maximum absolute atomic E-state index is 12.0. The molecule has 1 aromatic carbocycles. The Hall–Kier alpha value is -2.87. The molecular formula is C16H12BrN3O4. The first-order valence-corrected chi connectivity index (χ1v) is 7.72. The van der Waals surface area contributed by atoms with Crippen LogP contribution < -0.4 is 5.32 Å². The van der Waals surface area contributed by atoms with Gasteiger partial charge in [-0.15, -0.1) is 0 Å². The van der Waals surface area contributed by atoms with Crippen LogP contribution >= 0.6 is 15.9 Å². The highest BCUT2D eigenvalue weighted by Gasteiger charge is 2.15. The molecule has 0 unspecified atom stereocenters. The molecule has 0 aliphatic rings. The number of imidazole rings is 1. The third kappa shape index (κ3) is 3.38. The van der Waals surface area contributed by atoms with E-state index in [-0.39, 0.29) is 12.2 Å². The molecule has 0 spiro atoms. The molecule has 7 nitrogen and oxygen atoms in total. The lowest BCUT2D eigenvalue weighted by Crippen LogP contribution is -2.15. The molecule has 0 aliphatic carbocycles. The van der Waals surface area contributed by atoms with Gasteiger partial charge < -0.3 is 9.84 Å². The Morgan fingerprint density at radius 1 is 1.21 bits per heavy atom. The van der Waals surface area contributed by atoms with Gasteiger partial charge in [0.1, 0.15) is 16.9 Å². The molecule has 1 amide bonds. The van der Waals surface area contributed by atoms with Crippen LogP contribution in [0.25, 0.3) is 5.65 Å². The minimum absolute atomic E-state index is 0.0769. The number of aromatic carboxylic acids is 1. The Morgan fingerprint density at radius 3 is 2.67 bits per heavy atom. The van der Waals surface area contributed by atoms with E-state index in [1.165, 1.54) is 16.7 Å². The van der Waals surface area contributed by atoms with Crippen LogP contribution in [0.15, 0.2) is 53.3 Å². The van der Waals surface area contributed by atoms with E-state index in [0.717, 1.165) is 5.56 Å². The van der Waals surface area contributed by atoms with Gasteiger partial charge in [-0.3, -0.25) is 9.72 Å². The lowest BCUT2D eigenvalue weighted by Gasteiger charge is -2.07. The second-order valence-electron chi connectivity index (χ2n) is 4.89. The van der Waals surface area contributed by atoms with Gasteiger partial charge in [-0.25, -0.2) is 14.6 Å². The predicted octanol–water partition coefficient (Wildman–Crippen LogP) is 3.54. The van der Waals surface area contributed by atoms with E-state index in [1.807, 2.05) is 30.3 Å². The molecule has 0 saturated heterocycles. The quantitative estimate of drug-likeness (QED) is 0.711. The van der Waals surface area contributed by atoms with E-state index < -0.39 is 12.1 Å². The lowest BCUT2D eigenvalue weighted by atomic mass is 10.2. The number of rotatable bonds is 4. The number of carboxylic acid groups (broad SMARTS) is 1. The largest absolute Gasteiger partial charge is 0.478 e. The van der Waals surface area contributed by atoms with Crippen molar-refractivity contribution in [3.05, 3.63) is 64.4 Å². The fraction of sp³-hybridized carbons (Fsp3) is 0.0625.